The maximum Gasteiger partial charge on any atom is 0.436 e. The van der Waals surface area contributed by atoms with Crippen molar-refractivity contribution in [1.82, 2.24) is 14.9 Å². The van der Waals surface area contributed by atoms with Crippen LogP contribution < -0.4 is 0 Å². The zero-order valence-corrected chi connectivity index (χ0v) is 30.0. The molecule has 0 saturated carbocycles. The molecule has 3 rings (SSSR count). The standard InChI is InChI=1S/C41H51N3O7/c1-5-7-8-9-10-11-21-28-37(45)44(41(48)51-32-35-24-17-13-18-25-35)43(40(47)50-31-34-22-15-12-16-23-34)30-38(46)42(4)33(3)39(49-29-6-2)36-26-19-14-20-27-36/h6,10-20,22-27,33,39H,2,5,7-9,21,28-32H2,1,3-4H3/b11-10+/t33-,39+/m1/s1. The summed E-state index contributed by atoms with van der Waals surface area (Å²) in [4.78, 5) is 56.8. The van der Waals surface area contributed by atoms with Crippen LogP contribution in [0.2, 0.25) is 0 Å². The normalized spacial score (nSPS) is 12.1. The Kier molecular flexibility index (Phi) is 17.7. The van der Waals surface area contributed by atoms with E-state index in [1.165, 1.54) is 4.90 Å². The molecule has 0 radical (unpaired) electrons. The average molecular weight is 698 g/mol. The second-order valence-corrected chi connectivity index (χ2v) is 12.0. The summed E-state index contributed by atoms with van der Waals surface area (Å²) >= 11 is 0. The Bertz CT molecular complexity index is 1530. The summed E-state index contributed by atoms with van der Waals surface area (Å²) in [5, 5.41) is 1.33. The van der Waals surface area contributed by atoms with Gasteiger partial charge in [-0.3, -0.25) is 9.59 Å². The van der Waals surface area contributed by atoms with Crippen LogP contribution in [0, 0.1) is 0 Å². The van der Waals surface area contributed by atoms with E-state index >= 15 is 0 Å². The fourth-order valence-corrected chi connectivity index (χ4v) is 5.19. The number of likely N-dealkylation sites (N-methyl/N-ethyl adjacent to an activating group) is 1. The summed E-state index contributed by atoms with van der Waals surface area (Å²) in [5.41, 5.74) is 2.21. The van der Waals surface area contributed by atoms with Crippen LogP contribution in [0.1, 0.15) is 75.2 Å². The Balaban J connectivity index is 1.91. The van der Waals surface area contributed by atoms with Crippen LogP contribution in [0.5, 0.6) is 0 Å². The molecule has 10 heteroatoms. The van der Waals surface area contributed by atoms with Crippen LogP contribution in [0.4, 0.5) is 9.59 Å². The van der Waals surface area contributed by atoms with E-state index in [2.05, 4.69) is 13.5 Å². The fraction of sp³-hybridized carbons (Fsp3) is 0.366. The van der Waals surface area contributed by atoms with Crippen LogP contribution in [0.3, 0.4) is 0 Å². The minimum atomic E-state index is -1.10. The average Bonchev–Trinajstić information content (AvgIpc) is 3.16. The molecule has 0 N–H and O–H groups in total. The molecule has 0 fully saturated rings. The van der Waals surface area contributed by atoms with E-state index in [9.17, 15) is 19.2 Å². The zero-order valence-electron chi connectivity index (χ0n) is 30.0. The van der Waals surface area contributed by atoms with E-state index in [-0.39, 0.29) is 26.2 Å². The molecule has 0 unspecified atom stereocenters. The Hall–Kier alpha value is -5.22. The largest absolute Gasteiger partial charge is 0.443 e. The van der Waals surface area contributed by atoms with Gasteiger partial charge in [0, 0.05) is 13.5 Å². The molecule has 0 aliphatic carbocycles. The number of hydrogen-bond donors (Lipinski definition) is 0. The van der Waals surface area contributed by atoms with E-state index in [0.717, 1.165) is 36.3 Å². The first-order valence-corrected chi connectivity index (χ1v) is 17.5. The number of rotatable bonds is 19. The minimum absolute atomic E-state index is 0.112. The van der Waals surface area contributed by atoms with E-state index in [1.807, 2.05) is 61.5 Å². The lowest BCUT2D eigenvalue weighted by atomic mass is 10.0. The van der Waals surface area contributed by atoms with Gasteiger partial charge >= 0.3 is 12.2 Å². The molecule has 3 aromatic rings. The summed E-state index contributed by atoms with van der Waals surface area (Å²) in [6, 6.07) is 26.9. The van der Waals surface area contributed by atoms with Gasteiger partial charge in [-0.15, -0.1) is 11.6 Å². The maximum absolute atomic E-state index is 14.0. The van der Waals surface area contributed by atoms with E-state index in [0.29, 0.717) is 22.6 Å². The number of unbranched alkanes of at least 4 members (excludes halogenated alkanes) is 3. The van der Waals surface area contributed by atoms with Crippen molar-refractivity contribution in [3.8, 4) is 0 Å². The van der Waals surface area contributed by atoms with Gasteiger partial charge in [0.25, 0.3) is 5.91 Å². The summed E-state index contributed by atoms with van der Waals surface area (Å²) in [5.74, 6) is -1.28. The zero-order chi connectivity index (χ0) is 36.8. The highest BCUT2D eigenvalue weighted by Crippen LogP contribution is 2.25. The molecule has 0 aromatic heterocycles. The van der Waals surface area contributed by atoms with Gasteiger partial charge in [-0.1, -0.05) is 129 Å². The van der Waals surface area contributed by atoms with Crippen molar-refractivity contribution >= 4 is 24.0 Å². The third-order valence-corrected chi connectivity index (χ3v) is 8.19. The molecular formula is C41H51N3O7. The first-order valence-electron chi connectivity index (χ1n) is 17.5. The molecule has 2 atom stereocenters. The number of allylic oxidation sites excluding steroid dienone is 2. The van der Waals surface area contributed by atoms with Crippen molar-refractivity contribution in [2.45, 2.75) is 77.7 Å². The number of imide groups is 1. The van der Waals surface area contributed by atoms with Gasteiger partial charge in [0.2, 0.25) is 5.91 Å². The van der Waals surface area contributed by atoms with E-state index in [4.69, 9.17) is 14.2 Å². The van der Waals surface area contributed by atoms with Crippen molar-refractivity contribution in [2.24, 2.45) is 0 Å². The molecule has 0 spiro atoms. The molecule has 4 amide bonds. The van der Waals surface area contributed by atoms with Gasteiger partial charge in [0.1, 0.15) is 25.9 Å². The number of carbonyl (C=O) groups excluding carboxylic acids is 4. The van der Waals surface area contributed by atoms with Crippen molar-refractivity contribution < 1.29 is 33.4 Å². The molecule has 0 bridgehead atoms. The maximum atomic E-state index is 14.0. The van der Waals surface area contributed by atoms with Crippen molar-refractivity contribution in [3.63, 3.8) is 0 Å². The van der Waals surface area contributed by atoms with Crippen molar-refractivity contribution in [1.29, 1.82) is 0 Å². The minimum Gasteiger partial charge on any atom is -0.443 e. The molecule has 51 heavy (non-hydrogen) atoms. The predicted molar refractivity (Wildman–Crippen MR) is 197 cm³/mol. The van der Waals surface area contributed by atoms with E-state index < -0.39 is 42.7 Å². The van der Waals surface area contributed by atoms with Gasteiger partial charge in [0.05, 0.1) is 12.6 Å². The highest BCUT2D eigenvalue weighted by atomic mass is 16.6. The number of ether oxygens (including phenoxy) is 3. The summed E-state index contributed by atoms with van der Waals surface area (Å²) in [6.07, 6.45) is 7.15. The van der Waals surface area contributed by atoms with Crippen LogP contribution >= 0.6 is 0 Å². The van der Waals surface area contributed by atoms with Crippen molar-refractivity contribution in [3.05, 3.63) is 132 Å². The number of nitrogens with zero attached hydrogens (tertiary/aromatic N) is 3. The molecule has 0 aliphatic rings. The van der Waals surface area contributed by atoms with Gasteiger partial charge in [0.15, 0.2) is 0 Å². The number of amides is 4. The quantitative estimate of drug-likeness (QED) is 0.0704. The lowest BCUT2D eigenvalue weighted by Gasteiger charge is -2.35. The van der Waals surface area contributed by atoms with Crippen LogP contribution in [-0.2, 0) is 37.0 Å². The fourth-order valence-electron chi connectivity index (χ4n) is 5.19. The van der Waals surface area contributed by atoms with E-state index in [1.54, 1.807) is 61.7 Å². The highest BCUT2D eigenvalue weighted by Gasteiger charge is 2.37. The molecule has 0 heterocycles. The summed E-state index contributed by atoms with van der Waals surface area (Å²) < 4.78 is 17.2. The van der Waals surface area contributed by atoms with Gasteiger partial charge in [-0.25, -0.2) is 9.59 Å². The number of carbonyl (C=O) groups is 4. The monoisotopic (exact) mass is 697 g/mol. The molecular weight excluding hydrogens is 646 g/mol. The highest BCUT2D eigenvalue weighted by molar-refractivity contribution is 5.95. The third-order valence-electron chi connectivity index (χ3n) is 8.19. The Morgan fingerprint density at radius 1 is 0.745 bits per heavy atom. The van der Waals surface area contributed by atoms with Gasteiger partial charge < -0.3 is 19.1 Å². The SMILES string of the molecule is C=CCO[C@H](c1ccccc1)[C@@H](C)N(C)C(=O)CN(C(=O)OCc1ccccc1)N(C(=O)CC/C=C/CCCCC)C(=O)OCc1ccccc1. The predicted octanol–water partition coefficient (Wildman–Crippen LogP) is 8.41. The Labute approximate surface area is 302 Å². The molecule has 0 aliphatic heterocycles. The van der Waals surface area contributed by atoms with Crippen molar-refractivity contribution in [2.75, 3.05) is 20.2 Å². The lowest BCUT2D eigenvalue weighted by molar-refractivity contribution is -0.149. The summed E-state index contributed by atoms with van der Waals surface area (Å²) in [7, 11) is 1.58. The molecule has 0 saturated heterocycles. The molecule has 3 aromatic carbocycles. The third kappa shape index (κ3) is 13.5. The Morgan fingerprint density at radius 2 is 1.29 bits per heavy atom. The topological polar surface area (TPSA) is 106 Å². The number of hydrazine groups is 1. The van der Waals surface area contributed by atoms with Gasteiger partial charge in [-0.2, -0.15) is 5.01 Å². The second kappa shape index (κ2) is 22.5. The van der Waals surface area contributed by atoms with Crippen LogP contribution in [0.15, 0.2) is 116 Å². The second-order valence-electron chi connectivity index (χ2n) is 12.0. The number of benzene rings is 3. The number of hydrogen-bond acceptors (Lipinski definition) is 7. The molecule has 272 valence electrons. The Morgan fingerprint density at radius 3 is 1.86 bits per heavy atom. The summed E-state index contributed by atoms with van der Waals surface area (Å²) in [6.45, 7) is 6.95. The lowest BCUT2D eigenvalue weighted by Crippen LogP contribution is -2.57. The van der Waals surface area contributed by atoms with Crippen LogP contribution in [0.25, 0.3) is 0 Å². The first kappa shape index (κ1) is 40.2. The van der Waals surface area contributed by atoms with Gasteiger partial charge in [-0.05, 0) is 42.9 Å². The van der Waals surface area contributed by atoms with Crippen LogP contribution in [-0.4, -0.2) is 65.2 Å². The first-order chi connectivity index (χ1) is 24.8. The molecule has 10 nitrogen and oxygen atoms in total. The smallest absolute Gasteiger partial charge is 0.436 e.